The molecule has 5 heteroatoms. The molecule has 0 radical (unpaired) electrons. The minimum atomic E-state index is -1.59. The molecule has 1 unspecified atom stereocenters. The van der Waals surface area contributed by atoms with E-state index < -0.39 is 28.6 Å². The predicted molar refractivity (Wildman–Crippen MR) is 66.8 cm³/mol. The number of hydrogen-bond acceptors (Lipinski definition) is 2. The minimum Gasteiger partial charge on any atom is -0.591 e. The molecule has 0 bridgehead atoms. The fourth-order valence-corrected chi connectivity index (χ4v) is 1.70. The van der Waals surface area contributed by atoms with Crippen molar-refractivity contribution in [1.29, 1.82) is 0 Å². The predicted octanol–water partition coefficient (Wildman–Crippen LogP) is 3.05. The van der Waals surface area contributed by atoms with Crippen molar-refractivity contribution in [3.05, 3.63) is 35.6 Å². The minimum absolute atomic E-state index is 0.0626. The van der Waals surface area contributed by atoms with Crippen LogP contribution in [-0.4, -0.2) is 21.7 Å². The maximum Gasteiger partial charge on any atom is 0.144 e. The summed E-state index contributed by atoms with van der Waals surface area (Å²) in [6.07, 6.45) is 0. The van der Waals surface area contributed by atoms with Crippen LogP contribution in [0.5, 0.6) is 0 Å². The molecule has 0 N–H and O–H groups in total. The number of hydrogen-bond donors (Lipinski definition) is 0. The van der Waals surface area contributed by atoms with E-state index in [0.717, 1.165) is 0 Å². The topological polar surface area (TPSA) is 35.4 Å². The summed E-state index contributed by atoms with van der Waals surface area (Å²) in [5, 5.41) is 0. The average molecular weight is 259 g/mol. The van der Waals surface area contributed by atoms with Crippen molar-refractivity contribution in [3.8, 4) is 0 Å². The van der Waals surface area contributed by atoms with Crippen molar-refractivity contribution < 1.29 is 13.3 Å². The summed E-state index contributed by atoms with van der Waals surface area (Å²) < 4.78 is 41.2. The number of benzene rings is 1. The van der Waals surface area contributed by atoms with Crippen LogP contribution in [0.25, 0.3) is 0 Å². The van der Waals surface area contributed by atoms with Gasteiger partial charge in [-0.25, -0.2) is 8.78 Å². The Morgan fingerprint density at radius 1 is 1.35 bits per heavy atom. The standard InChI is InChI=1S/C12H15F2NOS/c1-12(2,3)17(16)15-11(8-13)9-6-4-5-7-10(9)14/h4-7H,8H2,1-3H3/b15-11-. The van der Waals surface area contributed by atoms with Gasteiger partial charge in [0.15, 0.2) is 0 Å². The van der Waals surface area contributed by atoms with Crippen LogP contribution < -0.4 is 0 Å². The molecule has 0 aliphatic rings. The summed E-state index contributed by atoms with van der Waals surface area (Å²) in [6.45, 7) is 4.24. The number of alkyl halides is 1. The van der Waals surface area contributed by atoms with E-state index in [0.29, 0.717) is 0 Å². The van der Waals surface area contributed by atoms with Crippen LogP contribution in [0.4, 0.5) is 8.78 Å². The zero-order valence-electron chi connectivity index (χ0n) is 10.0. The van der Waals surface area contributed by atoms with Gasteiger partial charge in [-0.2, -0.15) is 0 Å². The molecular formula is C12H15F2NOS. The van der Waals surface area contributed by atoms with Gasteiger partial charge in [-0.3, -0.25) is 0 Å². The summed E-state index contributed by atoms with van der Waals surface area (Å²) >= 11 is -1.59. The molecule has 0 heterocycles. The molecule has 1 aromatic carbocycles. The Labute approximate surface area is 103 Å². The van der Waals surface area contributed by atoms with Crippen LogP contribution in [0.2, 0.25) is 0 Å². The maximum atomic E-state index is 13.4. The second-order valence-electron chi connectivity index (χ2n) is 4.51. The highest BCUT2D eigenvalue weighted by atomic mass is 32.2. The van der Waals surface area contributed by atoms with Crippen molar-refractivity contribution in [3.63, 3.8) is 0 Å². The first kappa shape index (κ1) is 14.1. The Bertz CT molecular complexity index is 415. The van der Waals surface area contributed by atoms with E-state index in [2.05, 4.69) is 4.40 Å². The highest BCUT2D eigenvalue weighted by Gasteiger charge is 2.27. The Morgan fingerprint density at radius 2 is 1.94 bits per heavy atom. The first-order valence-corrected chi connectivity index (χ1v) is 6.27. The second kappa shape index (κ2) is 5.60. The molecule has 0 saturated carbocycles. The van der Waals surface area contributed by atoms with Gasteiger partial charge in [0, 0.05) is 5.56 Å². The number of halogens is 2. The Kier molecular flexibility index (Phi) is 4.65. The van der Waals surface area contributed by atoms with Crippen molar-refractivity contribution in [2.75, 3.05) is 6.67 Å². The molecule has 0 fully saturated rings. The molecule has 0 saturated heterocycles. The third-order valence-corrected chi connectivity index (χ3v) is 3.46. The van der Waals surface area contributed by atoms with Crippen LogP contribution in [0.3, 0.4) is 0 Å². The molecule has 17 heavy (non-hydrogen) atoms. The van der Waals surface area contributed by atoms with E-state index in [4.69, 9.17) is 0 Å². The van der Waals surface area contributed by atoms with Gasteiger partial charge in [-0.05, 0) is 32.9 Å². The normalized spacial score (nSPS) is 14.8. The zero-order chi connectivity index (χ0) is 13.1. The Hall–Kier alpha value is -0.940. The monoisotopic (exact) mass is 259 g/mol. The van der Waals surface area contributed by atoms with Crippen LogP contribution in [-0.2, 0) is 11.4 Å². The summed E-state index contributed by atoms with van der Waals surface area (Å²) in [5.41, 5.74) is -0.0519. The first-order valence-electron chi connectivity index (χ1n) is 5.16. The lowest BCUT2D eigenvalue weighted by Gasteiger charge is -2.19. The maximum absolute atomic E-state index is 13.4. The summed E-state index contributed by atoms with van der Waals surface area (Å²) in [5.74, 6) is -0.560. The van der Waals surface area contributed by atoms with E-state index >= 15 is 0 Å². The van der Waals surface area contributed by atoms with E-state index in [1.807, 2.05) is 0 Å². The highest BCUT2D eigenvalue weighted by Crippen LogP contribution is 2.19. The fourth-order valence-electron chi connectivity index (χ4n) is 1.08. The van der Waals surface area contributed by atoms with E-state index in [1.54, 1.807) is 26.8 Å². The molecule has 1 rings (SSSR count). The number of nitrogens with zero attached hydrogens (tertiary/aromatic N) is 1. The molecule has 0 amide bonds. The third kappa shape index (κ3) is 3.78. The van der Waals surface area contributed by atoms with Gasteiger partial charge >= 0.3 is 0 Å². The van der Waals surface area contributed by atoms with Gasteiger partial charge in [0.25, 0.3) is 0 Å². The smallest absolute Gasteiger partial charge is 0.144 e. The lowest BCUT2D eigenvalue weighted by atomic mass is 10.1. The molecule has 94 valence electrons. The molecular weight excluding hydrogens is 244 g/mol. The summed E-state index contributed by atoms with van der Waals surface area (Å²) in [7, 11) is 0. The molecule has 0 spiro atoms. The van der Waals surface area contributed by atoms with E-state index in [9.17, 15) is 13.3 Å². The van der Waals surface area contributed by atoms with Gasteiger partial charge < -0.3 is 4.55 Å². The van der Waals surface area contributed by atoms with Crippen molar-refractivity contribution in [2.45, 2.75) is 25.5 Å². The molecule has 1 atom stereocenters. The second-order valence-corrected chi connectivity index (χ2v) is 6.42. The zero-order valence-corrected chi connectivity index (χ0v) is 10.9. The van der Waals surface area contributed by atoms with Crippen molar-refractivity contribution >= 4 is 17.1 Å². The third-order valence-electron chi connectivity index (χ3n) is 2.03. The first-order chi connectivity index (χ1) is 7.86. The van der Waals surface area contributed by atoms with Gasteiger partial charge in [0.05, 0.1) is 0 Å². The van der Waals surface area contributed by atoms with Crippen LogP contribution in [0.15, 0.2) is 28.7 Å². The Balaban J connectivity index is 3.08. The molecule has 2 nitrogen and oxygen atoms in total. The highest BCUT2D eigenvalue weighted by molar-refractivity contribution is 7.91. The van der Waals surface area contributed by atoms with E-state index in [1.165, 1.54) is 18.2 Å². The van der Waals surface area contributed by atoms with Crippen LogP contribution >= 0.6 is 0 Å². The van der Waals surface area contributed by atoms with Gasteiger partial charge in [0.2, 0.25) is 0 Å². The number of rotatable bonds is 3. The van der Waals surface area contributed by atoms with Gasteiger partial charge in [-0.15, -0.1) is 0 Å². The van der Waals surface area contributed by atoms with Gasteiger partial charge in [0.1, 0.15) is 34.3 Å². The van der Waals surface area contributed by atoms with Crippen molar-refractivity contribution in [2.24, 2.45) is 4.40 Å². The summed E-state index contributed by atoms with van der Waals surface area (Å²) in [6, 6.07) is 5.74. The average Bonchev–Trinajstić information content (AvgIpc) is 2.25. The van der Waals surface area contributed by atoms with Crippen molar-refractivity contribution in [1.82, 2.24) is 0 Å². The lowest BCUT2D eigenvalue weighted by molar-refractivity contribution is 0.557. The van der Waals surface area contributed by atoms with E-state index in [-0.39, 0.29) is 11.3 Å². The lowest BCUT2D eigenvalue weighted by Crippen LogP contribution is -2.27. The van der Waals surface area contributed by atoms with Crippen LogP contribution in [0, 0.1) is 5.82 Å². The molecule has 1 aromatic rings. The summed E-state index contributed by atoms with van der Waals surface area (Å²) in [4.78, 5) is 0. The van der Waals surface area contributed by atoms with Gasteiger partial charge in [-0.1, -0.05) is 16.5 Å². The molecule has 0 aliphatic heterocycles. The largest absolute Gasteiger partial charge is 0.591 e. The fraction of sp³-hybridized carbons (Fsp3) is 0.417. The molecule has 0 aromatic heterocycles. The SMILES string of the molecule is CC(C)(C)[S+]([O-])/N=C(/CF)c1ccccc1F. The van der Waals surface area contributed by atoms with Crippen LogP contribution in [0.1, 0.15) is 26.3 Å². The Morgan fingerprint density at radius 3 is 2.41 bits per heavy atom. The molecule has 0 aliphatic carbocycles. The quantitative estimate of drug-likeness (QED) is 0.607.